The van der Waals surface area contributed by atoms with E-state index in [0.717, 1.165) is 5.56 Å². The van der Waals surface area contributed by atoms with Gasteiger partial charge in [-0.05, 0) is 12.1 Å². The summed E-state index contributed by atoms with van der Waals surface area (Å²) < 4.78 is 52.8. The highest BCUT2D eigenvalue weighted by atomic mass is 19.3. The van der Waals surface area contributed by atoms with Gasteiger partial charge in [-0.15, -0.1) is 10.2 Å². The first-order chi connectivity index (χ1) is 13.5. The fourth-order valence-corrected chi connectivity index (χ4v) is 3.35. The van der Waals surface area contributed by atoms with E-state index in [1.54, 1.807) is 6.07 Å². The van der Waals surface area contributed by atoms with Crippen LogP contribution in [0.2, 0.25) is 0 Å². The Balaban J connectivity index is 1.36. The van der Waals surface area contributed by atoms with Crippen molar-refractivity contribution in [2.24, 2.45) is 5.92 Å². The molecule has 1 aliphatic carbocycles. The van der Waals surface area contributed by atoms with E-state index in [2.05, 4.69) is 20.5 Å². The van der Waals surface area contributed by atoms with Crippen LogP contribution in [0.4, 0.5) is 19.1 Å². The SMILES string of the molecule is Fc1ccc2c(c1CNc1ncc(OCC3CC3(F)F)c3nncn13)CCO2. The third kappa shape index (κ3) is 2.88. The van der Waals surface area contributed by atoms with Crippen molar-refractivity contribution in [2.75, 3.05) is 18.5 Å². The predicted octanol–water partition coefficient (Wildman–Crippen LogP) is 2.84. The van der Waals surface area contributed by atoms with Crippen molar-refractivity contribution in [3.63, 3.8) is 0 Å². The van der Waals surface area contributed by atoms with E-state index in [1.807, 2.05) is 0 Å². The molecule has 2 aromatic heterocycles. The lowest BCUT2D eigenvalue weighted by atomic mass is 10.0. The van der Waals surface area contributed by atoms with Gasteiger partial charge in [-0.1, -0.05) is 0 Å². The zero-order valence-electron chi connectivity index (χ0n) is 14.7. The van der Waals surface area contributed by atoms with Crippen LogP contribution in [0.3, 0.4) is 0 Å². The average molecular weight is 391 g/mol. The Morgan fingerprint density at radius 1 is 1.36 bits per heavy atom. The van der Waals surface area contributed by atoms with E-state index in [0.29, 0.717) is 35.9 Å². The summed E-state index contributed by atoms with van der Waals surface area (Å²) in [6, 6.07) is 3.01. The summed E-state index contributed by atoms with van der Waals surface area (Å²) in [5.41, 5.74) is 1.72. The second-order valence-corrected chi connectivity index (χ2v) is 6.90. The smallest absolute Gasteiger partial charge is 0.255 e. The highest BCUT2D eigenvalue weighted by Gasteiger charge is 2.57. The first-order valence-corrected chi connectivity index (χ1v) is 8.89. The molecule has 3 aromatic rings. The van der Waals surface area contributed by atoms with Crippen LogP contribution in [-0.4, -0.2) is 38.7 Å². The number of aromatic nitrogens is 4. The van der Waals surface area contributed by atoms with Gasteiger partial charge in [0.05, 0.1) is 25.3 Å². The average Bonchev–Trinajstić information content (AvgIpc) is 3.09. The molecule has 0 bridgehead atoms. The summed E-state index contributed by atoms with van der Waals surface area (Å²) in [4.78, 5) is 4.26. The lowest BCUT2D eigenvalue weighted by molar-refractivity contribution is 0.0857. The monoisotopic (exact) mass is 391 g/mol. The number of benzene rings is 1. The Morgan fingerprint density at radius 3 is 3.04 bits per heavy atom. The maximum Gasteiger partial charge on any atom is 0.255 e. The zero-order valence-corrected chi connectivity index (χ0v) is 14.7. The molecule has 1 N–H and O–H groups in total. The quantitative estimate of drug-likeness (QED) is 0.697. The van der Waals surface area contributed by atoms with Crippen molar-refractivity contribution in [1.29, 1.82) is 0 Å². The van der Waals surface area contributed by atoms with E-state index in [1.165, 1.54) is 23.0 Å². The largest absolute Gasteiger partial charge is 0.493 e. The van der Waals surface area contributed by atoms with Gasteiger partial charge in [-0.25, -0.2) is 22.6 Å². The van der Waals surface area contributed by atoms with Crippen LogP contribution in [0.25, 0.3) is 5.65 Å². The molecule has 3 heterocycles. The van der Waals surface area contributed by atoms with Gasteiger partial charge in [0.25, 0.3) is 5.92 Å². The van der Waals surface area contributed by atoms with E-state index >= 15 is 0 Å². The molecule has 0 saturated heterocycles. The first kappa shape index (κ1) is 17.1. The lowest BCUT2D eigenvalue weighted by Gasteiger charge is -2.13. The standard InChI is InChI=1S/C18H16F3N5O2/c19-13-1-2-14-11(3-4-27-14)12(13)6-22-17-23-7-15(16-25-24-9-26(16)17)28-8-10-5-18(10,20)21/h1-2,7,9-10H,3-6,8H2,(H,22,23). The van der Waals surface area contributed by atoms with Crippen molar-refractivity contribution in [1.82, 2.24) is 19.6 Å². The van der Waals surface area contributed by atoms with E-state index in [-0.39, 0.29) is 31.1 Å². The summed E-state index contributed by atoms with van der Waals surface area (Å²) >= 11 is 0. The summed E-state index contributed by atoms with van der Waals surface area (Å²) in [5.74, 6) is -2.39. The topological polar surface area (TPSA) is 73.6 Å². The molecular weight excluding hydrogens is 375 g/mol. The molecular formula is C18H16F3N5O2. The molecule has 2 aliphatic rings. The number of rotatable bonds is 6. The molecule has 10 heteroatoms. The summed E-state index contributed by atoms with van der Waals surface area (Å²) in [5, 5.41) is 10.9. The molecule has 1 saturated carbocycles. The number of hydrogen-bond acceptors (Lipinski definition) is 6. The van der Waals surface area contributed by atoms with E-state index < -0.39 is 11.8 Å². The number of hydrogen-bond donors (Lipinski definition) is 1. The third-order valence-electron chi connectivity index (χ3n) is 5.06. The van der Waals surface area contributed by atoms with Gasteiger partial charge in [0.2, 0.25) is 11.6 Å². The molecule has 146 valence electrons. The number of fused-ring (bicyclic) bond motifs is 2. The van der Waals surface area contributed by atoms with Crippen LogP contribution in [-0.2, 0) is 13.0 Å². The Bertz CT molecular complexity index is 1060. The normalized spacial score (nSPS) is 19.3. The Hall–Kier alpha value is -3.04. The van der Waals surface area contributed by atoms with Crippen LogP contribution in [0.1, 0.15) is 17.5 Å². The van der Waals surface area contributed by atoms with Gasteiger partial charge >= 0.3 is 0 Å². The second kappa shape index (κ2) is 6.25. The number of alkyl halides is 2. The van der Waals surface area contributed by atoms with Crippen LogP contribution in [0.5, 0.6) is 11.5 Å². The van der Waals surface area contributed by atoms with Crippen LogP contribution < -0.4 is 14.8 Å². The van der Waals surface area contributed by atoms with Crippen LogP contribution in [0, 0.1) is 11.7 Å². The van der Waals surface area contributed by atoms with Crippen molar-refractivity contribution in [2.45, 2.75) is 25.3 Å². The molecule has 7 nitrogen and oxygen atoms in total. The number of anilines is 1. The van der Waals surface area contributed by atoms with Crippen molar-refractivity contribution in [3.05, 3.63) is 41.6 Å². The summed E-state index contributed by atoms with van der Waals surface area (Å²) in [7, 11) is 0. The summed E-state index contributed by atoms with van der Waals surface area (Å²) in [6.07, 6.45) is 3.32. The van der Waals surface area contributed by atoms with Gasteiger partial charge in [0, 0.05) is 30.5 Å². The molecule has 0 amide bonds. The molecule has 0 spiro atoms. The zero-order chi connectivity index (χ0) is 19.3. The van der Waals surface area contributed by atoms with Crippen LogP contribution in [0.15, 0.2) is 24.7 Å². The molecule has 28 heavy (non-hydrogen) atoms. The molecule has 1 atom stereocenters. The Morgan fingerprint density at radius 2 is 2.21 bits per heavy atom. The van der Waals surface area contributed by atoms with Gasteiger partial charge < -0.3 is 14.8 Å². The Kier molecular flexibility index (Phi) is 3.81. The Labute approximate surface area is 157 Å². The fourth-order valence-electron chi connectivity index (χ4n) is 3.35. The van der Waals surface area contributed by atoms with E-state index in [4.69, 9.17) is 9.47 Å². The molecule has 5 rings (SSSR count). The maximum absolute atomic E-state index is 14.3. The minimum atomic E-state index is -2.65. The third-order valence-corrected chi connectivity index (χ3v) is 5.06. The van der Waals surface area contributed by atoms with Gasteiger partial charge in [0.15, 0.2) is 5.75 Å². The maximum atomic E-state index is 14.3. The fraction of sp³-hybridized carbons (Fsp3) is 0.389. The minimum Gasteiger partial charge on any atom is -0.493 e. The number of halogens is 3. The highest BCUT2D eigenvalue weighted by molar-refractivity contribution is 5.56. The van der Waals surface area contributed by atoms with Crippen molar-refractivity contribution < 1.29 is 22.6 Å². The number of nitrogens with one attached hydrogen (secondary N) is 1. The molecule has 1 fully saturated rings. The predicted molar refractivity (Wildman–Crippen MR) is 92.3 cm³/mol. The number of nitrogens with zero attached hydrogens (tertiary/aromatic N) is 4. The molecule has 1 aromatic carbocycles. The van der Waals surface area contributed by atoms with Gasteiger partial charge in [-0.3, -0.25) is 0 Å². The van der Waals surface area contributed by atoms with Crippen molar-refractivity contribution >= 4 is 11.6 Å². The van der Waals surface area contributed by atoms with Gasteiger partial charge in [0.1, 0.15) is 17.9 Å². The molecule has 1 aliphatic heterocycles. The van der Waals surface area contributed by atoms with Crippen LogP contribution >= 0.6 is 0 Å². The minimum absolute atomic E-state index is 0.106. The summed E-state index contributed by atoms with van der Waals surface area (Å²) in [6.45, 7) is 0.629. The second-order valence-electron chi connectivity index (χ2n) is 6.90. The number of ether oxygens (including phenoxy) is 2. The lowest BCUT2D eigenvalue weighted by Crippen LogP contribution is -2.11. The van der Waals surface area contributed by atoms with Gasteiger partial charge in [-0.2, -0.15) is 0 Å². The van der Waals surface area contributed by atoms with E-state index in [9.17, 15) is 13.2 Å². The molecule has 1 unspecified atom stereocenters. The molecule has 0 radical (unpaired) electrons. The van der Waals surface area contributed by atoms with Crippen molar-refractivity contribution in [3.8, 4) is 11.5 Å². The first-order valence-electron chi connectivity index (χ1n) is 8.89. The highest BCUT2D eigenvalue weighted by Crippen LogP contribution is 2.48.